The number of nitrogens with zero attached hydrogens (tertiary/aromatic N) is 2. The minimum Gasteiger partial charge on any atom is -0.351 e. The zero-order chi connectivity index (χ0) is 16.1. The Morgan fingerprint density at radius 1 is 1.21 bits per heavy atom. The number of carbonyl (C=O) groups is 1. The van der Waals surface area contributed by atoms with Crippen molar-refractivity contribution in [2.45, 2.75) is 63.6 Å². The van der Waals surface area contributed by atoms with E-state index in [4.69, 9.17) is 0 Å². The number of H-pyrrole nitrogens is 1. The van der Waals surface area contributed by atoms with Crippen LogP contribution in [0, 0.1) is 23.7 Å². The van der Waals surface area contributed by atoms with Gasteiger partial charge in [-0.25, -0.2) is 0 Å². The minimum atomic E-state index is 0.0467. The third-order valence-corrected chi connectivity index (χ3v) is 7.13. The van der Waals surface area contributed by atoms with Crippen LogP contribution in [0.1, 0.15) is 50.6 Å². The molecular weight excluding hydrogens is 300 g/mol. The molecule has 2 N–H and O–H groups in total. The fourth-order valence-electron chi connectivity index (χ4n) is 6.33. The average Bonchev–Trinajstić information content (AvgIpc) is 3.22. The highest BCUT2D eigenvalue weighted by molar-refractivity contribution is 5.82. The Labute approximate surface area is 143 Å². The molecule has 6 rings (SSSR count). The van der Waals surface area contributed by atoms with Crippen LogP contribution in [0.5, 0.6) is 0 Å². The lowest BCUT2D eigenvalue weighted by atomic mass is 9.54. The van der Waals surface area contributed by atoms with Crippen LogP contribution >= 0.6 is 0 Å². The maximum atomic E-state index is 13.0. The van der Waals surface area contributed by atoms with Crippen LogP contribution in [0.3, 0.4) is 0 Å². The quantitative estimate of drug-likeness (QED) is 0.892. The van der Waals surface area contributed by atoms with Crippen LogP contribution in [0.25, 0.3) is 0 Å². The summed E-state index contributed by atoms with van der Waals surface area (Å²) in [5, 5.41) is 10.6. The first-order valence-electron chi connectivity index (χ1n) is 9.79. The molecule has 0 unspecified atom stereocenters. The summed E-state index contributed by atoms with van der Waals surface area (Å²) in [5.41, 5.74) is 1.10. The molecule has 0 radical (unpaired) electrons. The van der Waals surface area contributed by atoms with E-state index in [0.717, 1.165) is 55.3 Å². The predicted molar refractivity (Wildman–Crippen MR) is 91.0 cm³/mol. The van der Waals surface area contributed by atoms with Crippen LogP contribution < -0.4 is 5.32 Å². The number of hydrogen-bond donors (Lipinski definition) is 2. The second kappa shape index (κ2) is 5.87. The van der Waals surface area contributed by atoms with Crippen LogP contribution in [0.15, 0.2) is 12.3 Å². The number of aromatic nitrogens is 2. The number of aromatic amines is 1. The largest absolute Gasteiger partial charge is 0.351 e. The average molecular weight is 328 g/mol. The lowest BCUT2D eigenvalue weighted by Gasteiger charge is -2.54. The zero-order valence-electron chi connectivity index (χ0n) is 14.3. The van der Waals surface area contributed by atoms with Crippen molar-refractivity contribution in [3.63, 3.8) is 0 Å². The molecule has 1 aliphatic heterocycles. The summed E-state index contributed by atoms with van der Waals surface area (Å²) in [6.07, 6.45) is 10.8. The van der Waals surface area contributed by atoms with E-state index < -0.39 is 0 Å². The molecule has 5 nitrogen and oxygen atoms in total. The number of carbonyl (C=O) groups excluding carboxylic acids is 1. The van der Waals surface area contributed by atoms with Crippen LogP contribution in [-0.4, -0.2) is 39.6 Å². The molecule has 1 amide bonds. The maximum absolute atomic E-state index is 13.0. The van der Waals surface area contributed by atoms with Crippen molar-refractivity contribution in [3.05, 3.63) is 18.0 Å². The van der Waals surface area contributed by atoms with Gasteiger partial charge in [0.1, 0.15) is 0 Å². The summed E-state index contributed by atoms with van der Waals surface area (Å²) < 4.78 is 0. The topological polar surface area (TPSA) is 61.0 Å². The van der Waals surface area contributed by atoms with Crippen molar-refractivity contribution in [3.8, 4) is 0 Å². The highest BCUT2D eigenvalue weighted by Crippen LogP contribution is 2.53. The Morgan fingerprint density at radius 2 is 1.96 bits per heavy atom. The number of hydrogen-bond acceptors (Lipinski definition) is 3. The number of nitrogens with one attached hydrogen (secondary N) is 2. The standard InChI is InChI=1S/C19H28N4O/c24-19(17-2-1-5-23(17)11-16-3-4-20-22-16)21-18-14-7-12-6-13(9-14)10-15(18)8-12/h3-4,12-15,17-18H,1-2,5-11H2,(H,20,22)(H,21,24)/t12?,13?,14?,15?,17-,18?/m1/s1. The van der Waals surface area contributed by atoms with Crippen molar-refractivity contribution in [2.24, 2.45) is 23.7 Å². The normalized spacial score (nSPS) is 41.0. The third-order valence-electron chi connectivity index (χ3n) is 7.13. The highest BCUT2D eigenvalue weighted by Gasteiger charge is 2.49. The van der Waals surface area contributed by atoms with Crippen molar-refractivity contribution in [1.82, 2.24) is 20.4 Å². The minimum absolute atomic E-state index is 0.0467. The Bertz CT molecular complexity index is 571. The maximum Gasteiger partial charge on any atom is 0.237 e. The van der Waals surface area contributed by atoms with Crippen molar-refractivity contribution in [1.29, 1.82) is 0 Å². The van der Waals surface area contributed by atoms with Crippen molar-refractivity contribution < 1.29 is 4.79 Å². The molecular formula is C19H28N4O. The monoisotopic (exact) mass is 328 g/mol. The molecule has 4 saturated carbocycles. The first-order chi connectivity index (χ1) is 11.8. The summed E-state index contributed by atoms with van der Waals surface area (Å²) in [5.74, 6) is 3.72. The molecule has 1 aromatic heterocycles. The zero-order valence-corrected chi connectivity index (χ0v) is 14.3. The van der Waals surface area contributed by atoms with E-state index in [9.17, 15) is 4.79 Å². The smallest absolute Gasteiger partial charge is 0.237 e. The molecule has 0 aromatic carbocycles. The first kappa shape index (κ1) is 14.9. The molecule has 0 spiro atoms. The molecule has 2 heterocycles. The van der Waals surface area contributed by atoms with E-state index in [1.54, 1.807) is 6.20 Å². The Hall–Kier alpha value is -1.36. The van der Waals surface area contributed by atoms with Crippen molar-refractivity contribution >= 4 is 5.91 Å². The summed E-state index contributed by atoms with van der Waals surface area (Å²) in [7, 11) is 0. The summed E-state index contributed by atoms with van der Waals surface area (Å²) in [6, 6.07) is 2.51. The Morgan fingerprint density at radius 3 is 2.62 bits per heavy atom. The lowest BCUT2D eigenvalue weighted by Crippen LogP contribution is -2.58. The number of amides is 1. The van der Waals surface area contributed by atoms with E-state index in [0.29, 0.717) is 6.04 Å². The van der Waals surface area contributed by atoms with Crippen LogP contribution in [0.2, 0.25) is 0 Å². The van der Waals surface area contributed by atoms with Gasteiger partial charge in [-0.3, -0.25) is 14.8 Å². The van der Waals surface area contributed by atoms with E-state index >= 15 is 0 Å². The molecule has 1 saturated heterocycles. The fourth-order valence-corrected chi connectivity index (χ4v) is 6.33. The SMILES string of the molecule is O=C(NC1C2CC3CC(C2)CC1C3)[C@H]1CCCN1Cc1ccn[nH]1. The summed E-state index contributed by atoms with van der Waals surface area (Å²) >= 11 is 0. The lowest BCUT2D eigenvalue weighted by molar-refractivity contribution is -0.129. The second-order valence-corrected chi connectivity index (χ2v) is 8.68. The van der Waals surface area contributed by atoms with Gasteiger partial charge in [0.15, 0.2) is 0 Å². The van der Waals surface area contributed by atoms with Gasteiger partial charge >= 0.3 is 0 Å². The number of likely N-dealkylation sites (tertiary alicyclic amines) is 1. The number of rotatable bonds is 4. The first-order valence-corrected chi connectivity index (χ1v) is 9.79. The molecule has 5 fully saturated rings. The molecule has 4 aliphatic carbocycles. The molecule has 5 heteroatoms. The molecule has 130 valence electrons. The summed E-state index contributed by atoms with van der Waals surface area (Å²) in [4.78, 5) is 15.3. The van der Waals surface area contributed by atoms with E-state index in [2.05, 4.69) is 20.4 Å². The molecule has 1 aromatic rings. The Balaban J connectivity index is 1.25. The van der Waals surface area contributed by atoms with Gasteiger partial charge in [0.05, 0.1) is 6.04 Å². The van der Waals surface area contributed by atoms with Gasteiger partial charge in [0, 0.05) is 24.5 Å². The predicted octanol–water partition coefficient (Wildman–Crippen LogP) is 2.31. The fraction of sp³-hybridized carbons (Fsp3) is 0.789. The Kier molecular flexibility index (Phi) is 3.65. The van der Waals surface area contributed by atoms with E-state index in [-0.39, 0.29) is 11.9 Å². The third kappa shape index (κ3) is 2.57. The molecule has 24 heavy (non-hydrogen) atoms. The van der Waals surface area contributed by atoms with Gasteiger partial charge in [-0.05, 0) is 81.2 Å². The van der Waals surface area contributed by atoms with Gasteiger partial charge in [-0.15, -0.1) is 0 Å². The van der Waals surface area contributed by atoms with Crippen molar-refractivity contribution in [2.75, 3.05) is 6.54 Å². The van der Waals surface area contributed by atoms with Gasteiger partial charge in [-0.1, -0.05) is 0 Å². The molecule has 1 atom stereocenters. The van der Waals surface area contributed by atoms with Gasteiger partial charge < -0.3 is 5.32 Å². The molecule has 4 bridgehead atoms. The van der Waals surface area contributed by atoms with Gasteiger partial charge in [-0.2, -0.15) is 5.10 Å². The van der Waals surface area contributed by atoms with Crippen LogP contribution in [-0.2, 0) is 11.3 Å². The van der Waals surface area contributed by atoms with Gasteiger partial charge in [0.25, 0.3) is 0 Å². The van der Waals surface area contributed by atoms with E-state index in [1.807, 2.05) is 6.07 Å². The van der Waals surface area contributed by atoms with Crippen LogP contribution in [0.4, 0.5) is 0 Å². The second-order valence-electron chi connectivity index (χ2n) is 8.68. The highest BCUT2D eigenvalue weighted by atomic mass is 16.2. The van der Waals surface area contributed by atoms with Gasteiger partial charge in [0.2, 0.25) is 5.91 Å². The summed E-state index contributed by atoms with van der Waals surface area (Å²) in [6.45, 7) is 1.82. The molecule has 5 aliphatic rings. The van der Waals surface area contributed by atoms with E-state index in [1.165, 1.54) is 32.1 Å².